The number of hydrogen-bond acceptors (Lipinski definition) is 4. The topological polar surface area (TPSA) is 64.4 Å². The Labute approximate surface area is 242 Å². The molecule has 0 N–H and O–H groups in total. The van der Waals surface area contributed by atoms with Crippen LogP contribution in [0.15, 0.2) is 112 Å². The second-order valence-corrected chi connectivity index (χ2v) is 10.4. The van der Waals surface area contributed by atoms with Crippen LogP contribution in [0.3, 0.4) is 0 Å². The van der Waals surface area contributed by atoms with Crippen molar-refractivity contribution in [3.8, 4) is 11.4 Å². The Bertz CT molecular complexity index is 1680. The number of methoxy groups -OCH3 is 1. The summed E-state index contributed by atoms with van der Waals surface area (Å²) >= 11 is 3.47. The van der Waals surface area contributed by atoms with Crippen LogP contribution in [0.2, 0.25) is 0 Å². The number of aromatic nitrogens is 2. The summed E-state index contributed by atoms with van der Waals surface area (Å²) in [5.74, 6) is 0.923. The van der Waals surface area contributed by atoms with Crippen LogP contribution < -0.4 is 10.3 Å². The maximum Gasteiger partial charge on any atom is 0.266 e. The normalized spacial score (nSPS) is 11.8. The van der Waals surface area contributed by atoms with Crippen molar-refractivity contribution >= 4 is 32.7 Å². The summed E-state index contributed by atoms with van der Waals surface area (Å²) in [5, 5.41) is 0.502. The molecule has 0 spiro atoms. The zero-order valence-electron chi connectivity index (χ0n) is 22.5. The van der Waals surface area contributed by atoms with E-state index in [0.29, 0.717) is 53.1 Å². The number of halogens is 1. The second kappa shape index (κ2) is 12.3. The molecule has 40 heavy (non-hydrogen) atoms. The third-order valence-corrected chi connectivity index (χ3v) is 7.55. The molecule has 0 aliphatic rings. The molecule has 0 radical (unpaired) electrons. The van der Waals surface area contributed by atoms with Gasteiger partial charge in [0.25, 0.3) is 11.5 Å². The van der Waals surface area contributed by atoms with Gasteiger partial charge in [0.05, 0.1) is 29.7 Å². The number of amides is 1. The van der Waals surface area contributed by atoms with E-state index in [1.807, 2.05) is 96.8 Å². The van der Waals surface area contributed by atoms with Crippen molar-refractivity contribution in [1.29, 1.82) is 0 Å². The summed E-state index contributed by atoms with van der Waals surface area (Å²) in [6.07, 6.45) is 1.21. The fraction of sp³-hybridized carbons (Fsp3) is 0.182. The molecule has 202 valence electrons. The number of carbonyl (C=O) groups excluding carboxylic acids is 1. The highest BCUT2D eigenvalue weighted by Gasteiger charge is 2.30. The van der Waals surface area contributed by atoms with Crippen LogP contribution in [0, 0.1) is 0 Å². The minimum Gasteiger partial charge on any atom is -0.495 e. The zero-order valence-corrected chi connectivity index (χ0v) is 24.0. The number of benzene rings is 4. The van der Waals surface area contributed by atoms with Crippen LogP contribution in [0.4, 0.5) is 0 Å². The molecular weight excluding hydrogens is 566 g/mol. The SMILES string of the molecule is CCC(c1nc2ccccc2c(=O)n1-c1ccccc1OC)N(CCc1ccccc1)C(=O)c1ccc(Br)cc1. The quantitative estimate of drug-likeness (QED) is 0.184. The van der Waals surface area contributed by atoms with Gasteiger partial charge >= 0.3 is 0 Å². The van der Waals surface area contributed by atoms with Crippen LogP contribution in [0.5, 0.6) is 5.75 Å². The van der Waals surface area contributed by atoms with Crippen molar-refractivity contribution in [2.45, 2.75) is 25.8 Å². The summed E-state index contributed by atoms with van der Waals surface area (Å²) in [7, 11) is 1.58. The van der Waals surface area contributed by atoms with Gasteiger partial charge in [-0.1, -0.05) is 77.5 Å². The van der Waals surface area contributed by atoms with Gasteiger partial charge in [0.15, 0.2) is 0 Å². The Kier molecular flexibility index (Phi) is 8.41. The molecule has 5 aromatic rings. The zero-order chi connectivity index (χ0) is 28.1. The van der Waals surface area contributed by atoms with E-state index < -0.39 is 6.04 Å². The molecule has 5 rings (SSSR count). The molecule has 1 unspecified atom stereocenters. The number of para-hydroxylation sites is 3. The van der Waals surface area contributed by atoms with E-state index in [4.69, 9.17) is 9.72 Å². The minimum atomic E-state index is -0.484. The number of nitrogens with zero attached hydrogens (tertiary/aromatic N) is 3. The van der Waals surface area contributed by atoms with Gasteiger partial charge in [0.1, 0.15) is 11.6 Å². The Morgan fingerprint density at radius 3 is 2.33 bits per heavy atom. The van der Waals surface area contributed by atoms with E-state index in [1.54, 1.807) is 17.7 Å². The van der Waals surface area contributed by atoms with E-state index >= 15 is 0 Å². The van der Waals surface area contributed by atoms with Crippen molar-refractivity contribution < 1.29 is 9.53 Å². The van der Waals surface area contributed by atoms with Crippen molar-refractivity contribution in [3.63, 3.8) is 0 Å². The standard InChI is InChI=1S/C33H30BrN3O3/c1-3-28(36(22-21-23-11-5-4-6-12-23)32(38)24-17-19-25(34)20-18-24)31-35-27-14-8-7-13-26(27)33(39)37(31)29-15-9-10-16-30(29)40-2/h4-20,28H,3,21-22H2,1-2H3. The average Bonchev–Trinajstić information content (AvgIpc) is 3.00. The maximum atomic E-state index is 14.1. The molecule has 1 aromatic heterocycles. The highest BCUT2D eigenvalue weighted by molar-refractivity contribution is 9.10. The molecule has 4 aromatic carbocycles. The first-order valence-corrected chi connectivity index (χ1v) is 14.1. The predicted octanol–water partition coefficient (Wildman–Crippen LogP) is 6.99. The van der Waals surface area contributed by atoms with E-state index in [2.05, 4.69) is 28.1 Å². The molecule has 1 atom stereocenters. The lowest BCUT2D eigenvalue weighted by atomic mass is 10.1. The van der Waals surface area contributed by atoms with Crippen molar-refractivity contribution in [1.82, 2.24) is 14.5 Å². The van der Waals surface area contributed by atoms with Gasteiger partial charge < -0.3 is 9.64 Å². The molecule has 6 nitrogen and oxygen atoms in total. The van der Waals surface area contributed by atoms with Gasteiger partial charge in [-0.25, -0.2) is 4.98 Å². The van der Waals surface area contributed by atoms with Gasteiger partial charge in [0, 0.05) is 16.6 Å². The van der Waals surface area contributed by atoms with Crippen molar-refractivity contribution in [3.05, 3.63) is 135 Å². The lowest BCUT2D eigenvalue weighted by molar-refractivity contribution is 0.0661. The largest absolute Gasteiger partial charge is 0.495 e. The Morgan fingerprint density at radius 2 is 1.60 bits per heavy atom. The van der Waals surface area contributed by atoms with E-state index in [1.165, 1.54) is 0 Å². The molecule has 1 amide bonds. The van der Waals surface area contributed by atoms with Crippen LogP contribution in [0.25, 0.3) is 16.6 Å². The van der Waals surface area contributed by atoms with E-state index in [-0.39, 0.29) is 11.5 Å². The molecule has 0 bridgehead atoms. The summed E-state index contributed by atoms with van der Waals surface area (Å²) in [4.78, 5) is 35.1. The summed E-state index contributed by atoms with van der Waals surface area (Å²) in [6, 6.07) is 31.7. The summed E-state index contributed by atoms with van der Waals surface area (Å²) in [6.45, 7) is 2.47. The minimum absolute atomic E-state index is 0.121. The monoisotopic (exact) mass is 595 g/mol. The van der Waals surface area contributed by atoms with Crippen LogP contribution in [0.1, 0.15) is 41.1 Å². The third-order valence-electron chi connectivity index (χ3n) is 7.02. The molecule has 0 saturated heterocycles. The van der Waals surface area contributed by atoms with Crippen molar-refractivity contribution in [2.75, 3.05) is 13.7 Å². The van der Waals surface area contributed by atoms with Gasteiger partial charge in [-0.15, -0.1) is 0 Å². The van der Waals surface area contributed by atoms with E-state index in [9.17, 15) is 9.59 Å². The van der Waals surface area contributed by atoms with Gasteiger partial charge in [0.2, 0.25) is 0 Å². The maximum absolute atomic E-state index is 14.1. The summed E-state index contributed by atoms with van der Waals surface area (Å²) < 4.78 is 8.16. The number of rotatable bonds is 9. The smallest absolute Gasteiger partial charge is 0.266 e. The van der Waals surface area contributed by atoms with E-state index in [0.717, 1.165) is 10.0 Å². The first-order chi connectivity index (χ1) is 19.5. The number of hydrogen-bond donors (Lipinski definition) is 0. The molecule has 7 heteroatoms. The van der Waals surface area contributed by atoms with Crippen LogP contribution >= 0.6 is 15.9 Å². The van der Waals surface area contributed by atoms with Gasteiger partial charge in [-0.2, -0.15) is 0 Å². The first-order valence-electron chi connectivity index (χ1n) is 13.3. The molecule has 1 heterocycles. The average molecular weight is 597 g/mol. The molecule has 0 aliphatic heterocycles. The van der Waals surface area contributed by atoms with Gasteiger partial charge in [-0.3, -0.25) is 14.2 Å². The Hall–Kier alpha value is -4.23. The van der Waals surface area contributed by atoms with Crippen LogP contribution in [-0.2, 0) is 6.42 Å². The molecule has 0 aliphatic carbocycles. The van der Waals surface area contributed by atoms with Crippen molar-refractivity contribution in [2.24, 2.45) is 0 Å². The molecule has 0 fully saturated rings. The Morgan fingerprint density at radius 1 is 0.925 bits per heavy atom. The van der Waals surface area contributed by atoms with Gasteiger partial charge in [-0.05, 0) is 66.9 Å². The van der Waals surface area contributed by atoms with Crippen LogP contribution in [-0.4, -0.2) is 34.0 Å². The fourth-order valence-corrected chi connectivity index (χ4v) is 5.28. The molecule has 0 saturated carbocycles. The highest BCUT2D eigenvalue weighted by Crippen LogP contribution is 2.31. The summed E-state index contributed by atoms with van der Waals surface area (Å²) in [5.41, 5.74) is 2.66. The lowest BCUT2D eigenvalue weighted by Gasteiger charge is -2.33. The number of ether oxygens (including phenoxy) is 1. The number of carbonyl (C=O) groups is 1. The fourth-order valence-electron chi connectivity index (χ4n) is 5.01. The molecular formula is C33H30BrN3O3. The predicted molar refractivity (Wildman–Crippen MR) is 162 cm³/mol. The number of fused-ring (bicyclic) bond motifs is 1. The Balaban J connectivity index is 1.70. The highest BCUT2D eigenvalue weighted by atomic mass is 79.9. The third kappa shape index (κ3) is 5.56. The first kappa shape index (κ1) is 27.3. The lowest BCUT2D eigenvalue weighted by Crippen LogP contribution is -2.39. The second-order valence-electron chi connectivity index (χ2n) is 9.46.